The summed E-state index contributed by atoms with van der Waals surface area (Å²) in [6.07, 6.45) is 8.81. The Balaban J connectivity index is 0.00000256. The van der Waals surface area contributed by atoms with Gasteiger partial charge in [0.05, 0.1) is 0 Å². The van der Waals surface area contributed by atoms with Gasteiger partial charge in [0.1, 0.15) is 18.0 Å². The van der Waals surface area contributed by atoms with Crippen LogP contribution < -0.4 is 10.6 Å². The molecule has 0 saturated heterocycles. The number of guanidine groups is 1. The number of hydrogen-bond acceptors (Lipinski definition) is 3. The fourth-order valence-corrected chi connectivity index (χ4v) is 4.73. The van der Waals surface area contributed by atoms with Crippen LogP contribution in [0.3, 0.4) is 0 Å². The molecule has 0 aliphatic heterocycles. The molecule has 4 rings (SSSR count). The Morgan fingerprint density at radius 1 is 1.23 bits per heavy atom. The fourth-order valence-electron chi connectivity index (χ4n) is 4.73. The lowest BCUT2D eigenvalue weighted by Crippen LogP contribution is -2.46. The number of hydrogen-bond donors (Lipinski definition) is 2. The molecule has 2 saturated carbocycles. The average Bonchev–Trinajstić information content (AvgIpc) is 3.46. The highest BCUT2D eigenvalue weighted by molar-refractivity contribution is 14.0. The van der Waals surface area contributed by atoms with E-state index < -0.39 is 0 Å². The van der Waals surface area contributed by atoms with Gasteiger partial charge < -0.3 is 15.2 Å². The Morgan fingerprint density at radius 3 is 2.77 bits per heavy atom. The van der Waals surface area contributed by atoms with Crippen molar-refractivity contribution in [3.05, 3.63) is 47.8 Å². The van der Waals surface area contributed by atoms with Gasteiger partial charge in [-0.05, 0) is 55.2 Å². The Labute approximate surface area is 195 Å². The van der Waals surface area contributed by atoms with E-state index in [9.17, 15) is 4.39 Å². The second-order valence-electron chi connectivity index (χ2n) is 8.25. The van der Waals surface area contributed by atoms with E-state index in [1.54, 1.807) is 6.33 Å². The normalized spacial score (nSPS) is 22.7. The molecule has 3 unspecified atom stereocenters. The third kappa shape index (κ3) is 5.92. The summed E-state index contributed by atoms with van der Waals surface area (Å²) >= 11 is 0. The molecule has 2 N–H and O–H groups in total. The van der Waals surface area contributed by atoms with E-state index in [4.69, 9.17) is 4.99 Å². The van der Waals surface area contributed by atoms with E-state index in [1.165, 1.54) is 37.8 Å². The number of aryl methyl sites for hydroxylation is 1. The van der Waals surface area contributed by atoms with Crippen molar-refractivity contribution >= 4 is 29.9 Å². The van der Waals surface area contributed by atoms with Crippen molar-refractivity contribution in [1.29, 1.82) is 0 Å². The molecule has 2 aliphatic rings. The zero-order chi connectivity index (χ0) is 20.1. The largest absolute Gasteiger partial charge is 0.355 e. The molecule has 2 fully saturated rings. The second-order valence-corrected chi connectivity index (χ2v) is 8.25. The number of aliphatic imine (C=N–C) groups is 1. The van der Waals surface area contributed by atoms with Crippen LogP contribution in [-0.2, 0) is 19.4 Å². The van der Waals surface area contributed by atoms with Crippen molar-refractivity contribution in [3.8, 4) is 0 Å². The van der Waals surface area contributed by atoms with Gasteiger partial charge >= 0.3 is 0 Å². The van der Waals surface area contributed by atoms with Crippen molar-refractivity contribution in [2.24, 2.45) is 16.8 Å². The number of nitrogens with zero attached hydrogens (tertiary/aromatic N) is 4. The summed E-state index contributed by atoms with van der Waals surface area (Å²) in [6.45, 7) is 4.35. The predicted molar refractivity (Wildman–Crippen MR) is 128 cm³/mol. The molecule has 1 aromatic carbocycles. The highest BCUT2D eigenvalue weighted by Gasteiger charge is 2.39. The smallest absolute Gasteiger partial charge is 0.191 e. The van der Waals surface area contributed by atoms with Crippen LogP contribution in [0.4, 0.5) is 4.39 Å². The predicted octanol–water partition coefficient (Wildman–Crippen LogP) is 3.56. The van der Waals surface area contributed by atoms with Crippen LogP contribution in [0.2, 0.25) is 0 Å². The lowest BCUT2D eigenvalue weighted by atomic mass is 9.95. The summed E-state index contributed by atoms with van der Waals surface area (Å²) in [7, 11) is 0. The number of halogens is 2. The second kappa shape index (κ2) is 11.1. The molecule has 2 aliphatic carbocycles. The van der Waals surface area contributed by atoms with Crippen LogP contribution >= 0.6 is 24.0 Å². The quantitative estimate of drug-likeness (QED) is 0.314. The molecule has 1 aromatic heterocycles. The van der Waals surface area contributed by atoms with E-state index in [1.807, 2.05) is 12.1 Å². The zero-order valence-electron chi connectivity index (χ0n) is 17.6. The number of benzene rings is 1. The minimum atomic E-state index is -0.196. The summed E-state index contributed by atoms with van der Waals surface area (Å²) in [6, 6.07) is 7.22. The molecule has 2 bridgehead atoms. The molecular weight excluding hydrogens is 494 g/mol. The Morgan fingerprint density at radius 2 is 2.07 bits per heavy atom. The number of nitrogens with one attached hydrogen (secondary N) is 2. The van der Waals surface area contributed by atoms with Crippen molar-refractivity contribution in [2.45, 2.75) is 58.0 Å². The van der Waals surface area contributed by atoms with E-state index >= 15 is 0 Å². The van der Waals surface area contributed by atoms with Crippen LogP contribution in [0.5, 0.6) is 0 Å². The molecule has 6 nitrogen and oxygen atoms in total. The highest BCUT2D eigenvalue weighted by Crippen LogP contribution is 2.44. The Bertz CT molecular complexity index is 821. The molecule has 3 atom stereocenters. The monoisotopic (exact) mass is 526 g/mol. The summed E-state index contributed by atoms with van der Waals surface area (Å²) in [5.41, 5.74) is 1.10. The van der Waals surface area contributed by atoms with Gasteiger partial charge in [0.25, 0.3) is 0 Å². The van der Waals surface area contributed by atoms with Gasteiger partial charge in [0.15, 0.2) is 5.96 Å². The molecule has 164 valence electrons. The van der Waals surface area contributed by atoms with Crippen LogP contribution in [-0.4, -0.2) is 39.9 Å². The molecule has 2 aromatic rings. The summed E-state index contributed by atoms with van der Waals surface area (Å²) < 4.78 is 15.2. The van der Waals surface area contributed by atoms with Gasteiger partial charge in [-0.2, -0.15) is 0 Å². The maximum Gasteiger partial charge on any atom is 0.191 e. The Kier molecular flexibility index (Phi) is 8.47. The third-order valence-electron chi connectivity index (χ3n) is 6.30. The summed E-state index contributed by atoms with van der Waals surface area (Å²) in [5.74, 6) is 3.37. The summed E-state index contributed by atoms with van der Waals surface area (Å²) in [5, 5.41) is 15.3. The van der Waals surface area contributed by atoms with E-state index in [0.717, 1.165) is 55.1 Å². The van der Waals surface area contributed by atoms with Crippen molar-refractivity contribution in [1.82, 2.24) is 25.4 Å². The van der Waals surface area contributed by atoms with E-state index in [0.29, 0.717) is 12.6 Å². The highest BCUT2D eigenvalue weighted by atomic mass is 127. The zero-order valence-corrected chi connectivity index (χ0v) is 19.9. The first-order chi connectivity index (χ1) is 14.2. The Hall–Kier alpha value is -1.71. The van der Waals surface area contributed by atoms with Crippen LogP contribution in [0.1, 0.15) is 44.0 Å². The first-order valence-corrected chi connectivity index (χ1v) is 10.9. The van der Waals surface area contributed by atoms with E-state index in [-0.39, 0.29) is 29.8 Å². The molecule has 0 radical (unpaired) electrons. The van der Waals surface area contributed by atoms with Gasteiger partial charge in [-0.15, -0.1) is 34.2 Å². The molecule has 0 amide bonds. The molecule has 8 heteroatoms. The fraction of sp³-hybridized carbons (Fsp3) is 0.591. The van der Waals surface area contributed by atoms with Gasteiger partial charge in [-0.3, -0.25) is 4.99 Å². The number of rotatable bonds is 8. The number of aromatic nitrogens is 3. The maximum atomic E-state index is 13.1. The van der Waals surface area contributed by atoms with Crippen molar-refractivity contribution in [2.75, 3.05) is 13.1 Å². The standard InChI is InChI=1S/C22H31FN6.HI/c1-2-21-28-26-15-29(21)12-11-25-22(27-20-14-17-3-6-18(20)13-17)24-10-9-16-4-7-19(23)8-5-16;/h4-5,7-8,15,17-18,20H,2-3,6,9-14H2,1H3,(H2,24,25,27);1H. The topological polar surface area (TPSA) is 67.1 Å². The first kappa shape index (κ1) is 23.0. The van der Waals surface area contributed by atoms with Gasteiger partial charge in [0, 0.05) is 32.1 Å². The lowest BCUT2D eigenvalue weighted by Gasteiger charge is -2.25. The summed E-state index contributed by atoms with van der Waals surface area (Å²) in [4.78, 5) is 4.81. The maximum absolute atomic E-state index is 13.1. The van der Waals surface area contributed by atoms with Gasteiger partial charge in [0.2, 0.25) is 0 Å². The van der Waals surface area contributed by atoms with Crippen LogP contribution in [0, 0.1) is 17.7 Å². The van der Waals surface area contributed by atoms with Crippen LogP contribution in [0.15, 0.2) is 35.6 Å². The molecule has 30 heavy (non-hydrogen) atoms. The third-order valence-corrected chi connectivity index (χ3v) is 6.30. The van der Waals surface area contributed by atoms with Crippen LogP contribution in [0.25, 0.3) is 0 Å². The first-order valence-electron chi connectivity index (χ1n) is 10.9. The molecular formula is C22H32FIN6. The SMILES string of the molecule is CCc1nncn1CCNC(=NCCc1ccc(F)cc1)NC1CC2CCC1C2.I. The van der Waals surface area contributed by atoms with Gasteiger partial charge in [-0.25, -0.2) is 4.39 Å². The minimum Gasteiger partial charge on any atom is -0.355 e. The van der Waals surface area contributed by atoms with Crippen molar-refractivity contribution in [3.63, 3.8) is 0 Å². The minimum absolute atomic E-state index is 0. The average molecular weight is 526 g/mol. The van der Waals surface area contributed by atoms with Gasteiger partial charge in [-0.1, -0.05) is 25.5 Å². The lowest BCUT2D eigenvalue weighted by molar-refractivity contribution is 0.387. The molecule has 0 spiro atoms. The molecule has 1 heterocycles. The van der Waals surface area contributed by atoms with Crippen molar-refractivity contribution < 1.29 is 4.39 Å². The number of fused-ring (bicyclic) bond motifs is 2. The van der Waals surface area contributed by atoms with E-state index in [2.05, 4.69) is 32.3 Å².